The number of nitrogens with zero attached hydrogens (tertiary/aromatic N) is 1. The van der Waals surface area contributed by atoms with E-state index in [0.29, 0.717) is 46.7 Å². The van der Waals surface area contributed by atoms with Gasteiger partial charge in [0.25, 0.3) is 0 Å². The van der Waals surface area contributed by atoms with Crippen LogP contribution in [0.4, 0.5) is 5.69 Å². The molecular weight excluding hydrogens is 475 g/mol. The van der Waals surface area contributed by atoms with Crippen LogP contribution >= 0.6 is 23.2 Å². The molecule has 1 aliphatic heterocycles. The summed E-state index contributed by atoms with van der Waals surface area (Å²) in [6, 6.07) is 11.0. The van der Waals surface area contributed by atoms with Gasteiger partial charge in [0.2, 0.25) is 5.91 Å². The number of aliphatic hydroxyl groups is 1. The molecule has 2 aromatic carbocycles. The third-order valence-electron chi connectivity index (χ3n) is 6.57. The van der Waals surface area contributed by atoms with Crippen LogP contribution in [0.25, 0.3) is 0 Å². The largest absolute Gasteiger partial charge is 0.495 e. The van der Waals surface area contributed by atoms with E-state index in [9.17, 15) is 9.90 Å². The van der Waals surface area contributed by atoms with Crippen LogP contribution in [0.15, 0.2) is 36.4 Å². The fourth-order valence-corrected chi connectivity index (χ4v) is 4.86. The molecule has 1 saturated heterocycles. The van der Waals surface area contributed by atoms with Gasteiger partial charge in [0, 0.05) is 49.5 Å². The number of piperidine rings is 1. The highest BCUT2D eigenvalue weighted by atomic mass is 35.5. The van der Waals surface area contributed by atoms with E-state index in [1.54, 1.807) is 12.1 Å². The number of methoxy groups -OCH3 is 1. The lowest BCUT2D eigenvalue weighted by molar-refractivity contribution is -0.118. The minimum absolute atomic E-state index is 0.201. The summed E-state index contributed by atoms with van der Waals surface area (Å²) in [6.45, 7) is 8.64. The van der Waals surface area contributed by atoms with Crippen molar-refractivity contribution >= 4 is 34.8 Å². The Bertz CT molecular complexity index is 997. The number of likely N-dealkylation sites (tertiary alicyclic amines) is 1. The summed E-state index contributed by atoms with van der Waals surface area (Å²) in [5, 5.41) is 15.3. The van der Waals surface area contributed by atoms with E-state index < -0.39 is 5.60 Å². The predicted octanol–water partition coefficient (Wildman–Crippen LogP) is 5.44. The molecule has 1 amide bonds. The van der Waals surface area contributed by atoms with Crippen LogP contribution in [0, 0.1) is 5.41 Å². The van der Waals surface area contributed by atoms with Gasteiger partial charge < -0.3 is 24.8 Å². The Morgan fingerprint density at radius 3 is 2.50 bits per heavy atom. The maximum Gasteiger partial charge on any atom is 0.221 e. The zero-order chi connectivity index (χ0) is 24.9. The topological polar surface area (TPSA) is 71.0 Å². The van der Waals surface area contributed by atoms with Crippen molar-refractivity contribution in [1.82, 2.24) is 4.90 Å². The highest BCUT2D eigenvalue weighted by Gasteiger charge is 2.47. The molecule has 6 nitrogen and oxygen atoms in total. The zero-order valence-electron chi connectivity index (χ0n) is 20.3. The number of carbonyl (C=O) groups excluding carboxylic acids is 1. The average Bonchev–Trinajstić information content (AvgIpc) is 2.76. The number of hydrogen-bond acceptors (Lipinski definition) is 5. The second-order valence-corrected chi connectivity index (χ2v) is 10.5. The third-order valence-corrected chi connectivity index (χ3v) is 7.12. The van der Waals surface area contributed by atoms with Crippen molar-refractivity contribution < 1.29 is 19.4 Å². The van der Waals surface area contributed by atoms with E-state index in [1.807, 2.05) is 24.3 Å². The minimum Gasteiger partial charge on any atom is -0.495 e. The van der Waals surface area contributed by atoms with Gasteiger partial charge in [0.1, 0.15) is 11.5 Å². The second-order valence-electron chi connectivity index (χ2n) is 9.61. The van der Waals surface area contributed by atoms with Gasteiger partial charge in [-0.2, -0.15) is 0 Å². The number of amides is 1. The van der Waals surface area contributed by atoms with E-state index in [-0.39, 0.29) is 11.3 Å². The van der Waals surface area contributed by atoms with Gasteiger partial charge in [-0.15, -0.1) is 0 Å². The average molecular weight is 509 g/mol. The van der Waals surface area contributed by atoms with Crippen LogP contribution in [-0.2, 0) is 11.2 Å². The molecule has 0 saturated carbocycles. The first kappa shape index (κ1) is 26.6. The number of anilines is 1. The summed E-state index contributed by atoms with van der Waals surface area (Å²) in [6.07, 6.45) is 2.11. The summed E-state index contributed by atoms with van der Waals surface area (Å²) < 4.78 is 11.2. The Morgan fingerprint density at radius 1 is 1.18 bits per heavy atom. The van der Waals surface area contributed by atoms with E-state index in [4.69, 9.17) is 32.7 Å². The molecule has 1 atom stereocenters. The quantitative estimate of drug-likeness (QED) is 0.441. The Morgan fingerprint density at radius 2 is 1.88 bits per heavy atom. The minimum atomic E-state index is -0.777. The monoisotopic (exact) mass is 508 g/mol. The molecule has 0 bridgehead atoms. The van der Waals surface area contributed by atoms with Gasteiger partial charge in [-0.25, -0.2) is 0 Å². The molecule has 2 aromatic rings. The second kappa shape index (κ2) is 11.2. The Balaban J connectivity index is 1.55. The predicted molar refractivity (Wildman–Crippen MR) is 137 cm³/mol. The number of ether oxygens (including phenoxy) is 2. The zero-order valence-corrected chi connectivity index (χ0v) is 21.8. The summed E-state index contributed by atoms with van der Waals surface area (Å²) in [7, 11) is 1.54. The molecule has 8 heteroatoms. The van der Waals surface area contributed by atoms with Gasteiger partial charge in [-0.05, 0) is 36.6 Å². The fraction of sp³-hybridized carbons (Fsp3) is 0.500. The molecule has 186 valence electrons. The summed E-state index contributed by atoms with van der Waals surface area (Å²) in [5.41, 5.74) is 0.564. The lowest BCUT2D eigenvalue weighted by atomic mass is 9.67. The van der Waals surface area contributed by atoms with Crippen molar-refractivity contribution in [2.75, 3.05) is 38.7 Å². The Labute approximate surface area is 212 Å². The van der Waals surface area contributed by atoms with Crippen LogP contribution < -0.4 is 14.8 Å². The number of carbonyl (C=O) groups is 1. The standard InChI is InChI=1S/C26H34Cl2N2O4/c1-18(31)29-22-14-21(28)23(33-4)15-24(22)34-13-5-11-30-12-10-26(32,25(2,3)17-30)16-19-6-8-20(27)9-7-19/h6-9,14-15,32H,5,10-13,16-17H2,1-4H3,(H,29,31). The van der Waals surface area contributed by atoms with Gasteiger partial charge in [-0.3, -0.25) is 4.79 Å². The highest BCUT2D eigenvalue weighted by Crippen LogP contribution is 2.41. The Kier molecular flexibility index (Phi) is 8.74. The van der Waals surface area contributed by atoms with Crippen LogP contribution in [0.3, 0.4) is 0 Å². The van der Waals surface area contributed by atoms with Crippen molar-refractivity contribution in [3.05, 3.63) is 52.0 Å². The molecule has 1 fully saturated rings. The van der Waals surface area contributed by atoms with E-state index in [0.717, 1.165) is 31.6 Å². The molecule has 0 aromatic heterocycles. The smallest absolute Gasteiger partial charge is 0.221 e. The van der Waals surface area contributed by atoms with Crippen molar-refractivity contribution in [2.24, 2.45) is 5.41 Å². The molecular formula is C26H34Cl2N2O4. The number of halogens is 2. The van der Waals surface area contributed by atoms with Crippen LogP contribution in [0.5, 0.6) is 11.5 Å². The molecule has 1 heterocycles. The summed E-state index contributed by atoms with van der Waals surface area (Å²) >= 11 is 12.2. The lowest BCUT2D eigenvalue weighted by Gasteiger charge is -2.50. The first-order valence-electron chi connectivity index (χ1n) is 11.5. The number of rotatable bonds is 9. The molecule has 0 aliphatic carbocycles. The van der Waals surface area contributed by atoms with Crippen molar-refractivity contribution in [2.45, 2.75) is 45.6 Å². The van der Waals surface area contributed by atoms with Gasteiger partial charge in [-0.1, -0.05) is 49.2 Å². The highest BCUT2D eigenvalue weighted by molar-refractivity contribution is 6.32. The van der Waals surface area contributed by atoms with E-state index in [1.165, 1.54) is 14.0 Å². The van der Waals surface area contributed by atoms with E-state index in [2.05, 4.69) is 24.1 Å². The third kappa shape index (κ3) is 6.57. The molecule has 34 heavy (non-hydrogen) atoms. The summed E-state index contributed by atoms with van der Waals surface area (Å²) in [5.74, 6) is 0.809. The van der Waals surface area contributed by atoms with Crippen LogP contribution in [-0.4, -0.2) is 54.9 Å². The van der Waals surface area contributed by atoms with Gasteiger partial charge >= 0.3 is 0 Å². The lowest BCUT2D eigenvalue weighted by Crippen LogP contribution is -2.58. The number of hydrogen-bond donors (Lipinski definition) is 2. The van der Waals surface area contributed by atoms with Crippen LogP contribution in [0.1, 0.15) is 39.2 Å². The normalized spacial score (nSPS) is 20.1. The molecule has 1 unspecified atom stereocenters. The van der Waals surface area contributed by atoms with Crippen molar-refractivity contribution in [3.8, 4) is 11.5 Å². The van der Waals surface area contributed by atoms with Gasteiger partial charge in [0.15, 0.2) is 0 Å². The molecule has 0 spiro atoms. The number of benzene rings is 2. The van der Waals surface area contributed by atoms with Crippen LogP contribution in [0.2, 0.25) is 10.0 Å². The number of nitrogens with one attached hydrogen (secondary N) is 1. The molecule has 1 aliphatic rings. The molecule has 2 N–H and O–H groups in total. The Hall–Kier alpha value is -1.99. The fourth-order valence-electron chi connectivity index (χ4n) is 4.49. The van der Waals surface area contributed by atoms with Crippen molar-refractivity contribution in [1.29, 1.82) is 0 Å². The SMILES string of the molecule is COc1cc(OCCCN2CCC(O)(Cc3ccc(Cl)cc3)C(C)(C)C2)c(NC(C)=O)cc1Cl. The maximum atomic E-state index is 11.5. The summed E-state index contributed by atoms with van der Waals surface area (Å²) in [4.78, 5) is 13.9. The maximum absolute atomic E-state index is 11.5. The first-order chi connectivity index (χ1) is 16.0. The van der Waals surface area contributed by atoms with Crippen molar-refractivity contribution in [3.63, 3.8) is 0 Å². The van der Waals surface area contributed by atoms with E-state index >= 15 is 0 Å². The molecule has 3 rings (SSSR count). The van der Waals surface area contributed by atoms with Gasteiger partial charge in [0.05, 0.1) is 30.0 Å². The first-order valence-corrected chi connectivity index (χ1v) is 12.3. The molecule has 0 radical (unpaired) electrons.